The molecule has 1 amide bonds. The fraction of sp³-hybridized carbons (Fsp3) is 0.188. The summed E-state index contributed by atoms with van der Waals surface area (Å²) in [5, 5.41) is 2.62. The third-order valence-electron chi connectivity index (χ3n) is 2.80. The molecule has 2 rings (SSSR count). The molecule has 110 valence electrons. The monoisotopic (exact) mass is 291 g/mol. The van der Waals surface area contributed by atoms with Crippen LogP contribution in [0.15, 0.2) is 48.5 Å². The van der Waals surface area contributed by atoms with Crippen LogP contribution in [0.1, 0.15) is 5.56 Å². The molecule has 3 nitrogen and oxygen atoms in total. The van der Waals surface area contributed by atoms with E-state index in [-0.39, 0.29) is 31.3 Å². The Morgan fingerprint density at radius 2 is 1.90 bits per heavy atom. The molecule has 0 spiro atoms. The van der Waals surface area contributed by atoms with E-state index < -0.39 is 5.82 Å². The molecule has 0 radical (unpaired) electrons. The van der Waals surface area contributed by atoms with Crippen LogP contribution in [0.25, 0.3) is 0 Å². The Morgan fingerprint density at radius 3 is 2.67 bits per heavy atom. The predicted octanol–water partition coefficient (Wildman–Crippen LogP) is 2.70. The molecule has 0 aliphatic rings. The van der Waals surface area contributed by atoms with Crippen molar-refractivity contribution in [2.45, 2.75) is 6.42 Å². The molecule has 0 saturated heterocycles. The lowest BCUT2D eigenvalue weighted by Gasteiger charge is -2.08. The maximum atomic E-state index is 13.4. The molecule has 2 aromatic carbocycles. The zero-order chi connectivity index (χ0) is 15.1. The quantitative estimate of drug-likeness (QED) is 0.831. The van der Waals surface area contributed by atoms with E-state index in [1.54, 1.807) is 30.3 Å². The molecule has 5 heteroatoms. The number of carbonyl (C=O) groups excluding carboxylic acids is 1. The smallest absolute Gasteiger partial charge is 0.224 e. The van der Waals surface area contributed by atoms with Crippen molar-refractivity contribution in [2.75, 3.05) is 13.2 Å². The van der Waals surface area contributed by atoms with Crippen LogP contribution < -0.4 is 10.1 Å². The predicted molar refractivity (Wildman–Crippen MR) is 75.0 cm³/mol. The highest BCUT2D eigenvalue weighted by atomic mass is 19.1. The first-order valence-electron chi connectivity index (χ1n) is 6.53. The Morgan fingerprint density at radius 1 is 1.10 bits per heavy atom. The van der Waals surface area contributed by atoms with Crippen LogP contribution in [0.4, 0.5) is 8.78 Å². The van der Waals surface area contributed by atoms with E-state index in [0.29, 0.717) is 11.3 Å². The molecule has 0 atom stereocenters. The Bertz CT molecular complexity index is 617. The van der Waals surface area contributed by atoms with Crippen LogP contribution >= 0.6 is 0 Å². The molecule has 2 aromatic rings. The first-order valence-corrected chi connectivity index (χ1v) is 6.53. The molecule has 0 heterocycles. The maximum Gasteiger partial charge on any atom is 0.224 e. The number of rotatable bonds is 6. The summed E-state index contributed by atoms with van der Waals surface area (Å²) in [6.45, 7) is 0.482. The average molecular weight is 291 g/mol. The van der Waals surface area contributed by atoms with Crippen LogP contribution in [0.2, 0.25) is 0 Å². The van der Waals surface area contributed by atoms with E-state index in [9.17, 15) is 13.6 Å². The fourth-order valence-corrected chi connectivity index (χ4v) is 1.79. The van der Waals surface area contributed by atoms with Crippen LogP contribution in [-0.4, -0.2) is 19.1 Å². The lowest BCUT2D eigenvalue weighted by atomic mass is 10.1. The number of nitrogens with one attached hydrogen (secondary N) is 1. The van der Waals surface area contributed by atoms with Crippen molar-refractivity contribution in [3.8, 4) is 5.75 Å². The van der Waals surface area contributed by atoms with Gasteiger partial charge >= 0.3 is 0 Å². The summed E-state index contributed by atoms with van der Waals surface area (Å²) in [5.41, 5.74) is 0.348. The second-order valence-corrected chi connectivity index (χ2v) is 4.42. The van der Waals surface area contributed by atoms with Gasteiger partial charge in [0.2, 0.25) is 5.91 Å². The second kappa shape index (κ2) is 7.38. The number of benzene rings is 2. The Hall–Kier alpha value is -2.43. The van der Waals surface area contributed by atoms with Gasteiger partial charge in [-0.3, -0.25) is 4.79 Å². The zero-order valence-electron chi connectivity index (χ0n) is 11.3. The van der Waals surface area contributed by atoms with E-state index in [0.717, 1.165) is 0 Å². The molecule has 0 aliphatic carbocycles. The minimum Gasteiger partial charge on any atom is -0.492 e. The maximum absolute atomic E-state index is 13.4. The van der Waals surface area contributed by atoms with E-state index >= 15 is 0 Å². The average Bonchev–Trinajstić information content (AvgIpc) is 2.46. The Kier molecular flexibility index (Phi) is 5.26. The zero-order valence-corrected chi connectivity index (χ0v) is 11.3. The van der Waals surface area contributed by atoms with Gasteiger partial charge in [0.05, 0.1) is 13.0 Å². The van der Waals surface area contributed by atoms with E-state index in [1.165, 1.54) is 18.2 Å². The lowest BCUT2D eigenvalue weighted by Crippen LogP contribution is -2.29. The number of amides is 1. The molecule has 0 fully saturated rings. The fourth-order valence-electron chi connectivity index (χ4n) is 1.79. The Balaban J connectivity index is 1.71. The molecule has 0 unspecified atom stereocenters. The molecule has 0 bridgehead atoms. The largest absolute Gasteiger partial charge is 0.492 e. The second-order valence-electron chi connectivity index (χ2n) is 4.42. The van der Waals surface area contributed by atoms with Gasteiger partial charge in [-0.1, -0.05) is 24.3 Å². The number of hydrogen-bond donors (Lipinski definition) is 1. The SMILES string of the molecule is O=C(Cc1ccccc1F)NCCOc1cccc(F)c1. The van der Waals surface area contributed by atoms with Gasteiger partial charge in [-0.2, -0.15) is 0 Å². The standard InChI is InChI=1S/C16H15F2NO2/c17-13-5-3-6-14(11-13)21-9-8-19-16(20)10-12-4-1-2-7-15(12)18/h1-7,11H,8-10H2,(H,19,20). The summed E-state index contributed by atoms with van der Waals surface area (Å²) in [4.78, 5) is 11.6. The van der Waals surface area contributed by atoms with Crippen LogP contribution in [0.3, 0.4) is 0 Å². The van der Waals surface area contributed by atoms with Crippen molar-refractivity contribution in [2.24, 2.45) is 0 Å². The number of halogens is 2. The summed E-state index contributed by atoms with van der Waals surface area (Å²) in [5.74, 6) is -0.666. The van der Waals surface area contributed by atoms with Crippen molar-refractivity contribution < 1.29 is 18.3 Å². The molecule has 0 saturated carbocycles. The molecule has 1 N–H and O–H groups in total. The highest BCUT2D eigenvalue weighted by Crippen LogP contribution is 2.11. The van der Waals surface area contributed by atoms with Gasteiger partial charge in [-0.25, -0.2) is 8.78 Å². The Labute approximate surface area is 121 Å². The molecule has 0 aromatic heterocycles. The van der Waals surface area contributed by atoms with Crippen molar-refractivity contribution in [3.63, 3.8) is 0 Å². The van der Waals surface area contributed by atoms with Gasteiger partial charge in [0.1, 0.15) is 24.0 Å². The van der Waals surface area contributed by atoms with Crippen molar-refractivity contribution in [1.82, 2.24) is 5.32 Å². The highest BCUT2D eigenvalue weighted by molar-refractivity contribution is 5.78. The summed E-state index contributed by atoms with van der Waals surface area (Å²) in [7, 11) is 0. The number of ether oxygens (including phenoxy) is 1. The van der Waals surface area contributed by atoms with Gasteiger partial charge < -0.3 is 10.1 Å². The first-order chi connectivity index (χ1) is 10.1. The van der Waals surface area contributed by atoms with Gasteiger partial charge in [0.15, 0.2) is 0 Å². The number of carbonyl (C=O) groups is 1. The molecular formula is C16H15F2NO2. The van der Waals surface area contributed by atoms with E-state index in [4.69, 9.17) is 4.74 Å². The van der Waals surface area contributed by atoms with Gasteiger partial charge in [0.25, 0.3) is 0 Å². The van der Waals surface area contributed by atoms with Crippen LogP contribution in [0.5, 0.6) is 5.75 Å². The summed E-state index contributed by atoms with van der Waals surface area (Å²) < 4.78 is 31.5. The minimum atomic E-state index is -0.399. The third kappa shape index (κ3) is 4.87. The van der Waals surface area contributed by atoms with Crippen molar-refractivity contribution >= 4 is 5.91 Å². The van der Waals surface area contributed by atoms with Crippen LogP contribution in [-0.2, 0) is 11.2 Å². The van der Waals surface area contributed by atoms with Gasteiger partial charge in [-0.05, 0) is 23.8 Å². The van der Waals surface area contributed by atoms with E-state index in [1.807, 2.05) is 0 Å². The first kappa shape index (κ1) is 15.0. The normalized spacial score (nSPS) is 10.2. The lowest BCUT2D eigenvalue weighted by molar-refractivity contribution is -0.120. The molecule has 21 heavy (non-hydrogen) atoms. The van der Waals surface area contributed by atoms with Crippen molar-refractivity contribution in [1.29, 1.82) is 0 Å². The summed E-state index contributed by atoms with van der Waals surface area (Å²) in [6.07, 6.45) is -0.0212. The minimum absolute atomic E-state index is 0.0212. The van der Waals surface area contributed by atoms with Crippen molar-refractivity contribution in [3.05, 3.63) is 65.7 Å². The molecular weight excluding hydrogens is 276 g/mol. The number of hydrogen-bond acceptors (Lipinski definition) is 2. The highest BCUT2D eigenvalue weighted by Gasteiger charge is 2.06. The molecule has 0 aliphatic heterocycles. The van der Waals surface area contributed by atoms with Crippen LogP contribution in [0, 0.1) is 11.6 Å². The van der Waals surface area contributed by atoms with E-state index in [2.05, 4.69) is 5.32 Å². The summed E-state index contributed by atoms with van der Waals surface area (Å²) in [6, 6.07) is 11.9. The van der Waals surface area contributed by atoms with Gasteiger partial charge in [-0.15, -0.1) is 0 Å². The van der Waals surface area contributed by atoms with Gasteiger partial charge in [0, 0.05) is 6.07 Å². The summed E-state index contributed by atoms with van der Waals surface area (Å²) >= 11 is 0. The third-order valence-corrected chi connectivity index (χ3v) is 2.80. The topological polar surface area (TPSA) is 38.3 Å².